The molecule has 3 heterocycles. The molecule has 0 radical (unpaired) electrons. The standard InChI is InChI=1S/C20H19ClN10OS3/c1-12(14-6-8-23-9-7-14)25-26-17-27-29-19(31(17)22)33-11-16(32)24-18-28-30-20(35-18)34-10-13-2-4-15(21)5-3-13/h2-9H,10-11,22H2,1H3,(H,26,27)(H,24,28,32)/b25-12+. The van der Waals surface area contributed by atoms with E-state index in [0.29, 0.717) is 15.3 Å². The fourth-order valence-electron chi connectivity index (χ4n) is 2.57. The lowest BCUT2D eigenvalue weighted by Gasteiger charge is -2.04. The van der Waals surface area contributed by atoms with E-state index in [9.17, 15) is 4.79 Å². The summed E-state index contributed by atoms with van der Waals surface area (Å²) >= 11 is 9.89. The van der Waals surface area contributed by atoms with Crippen LogP contribution in [0.15, 0.2) is 63.4 Å². The number of nitrogen functional groups attached to an aromatic ring is 1. The highest BCUT2D eigenvalue weighted by Gasteiger charge is 2.14. The van der Waals surface area contributed by atoms with Crippen LogP contribution >= 0.6 is 46.5 Å². The normalized spacial score (nSPS) is 11.4. The number of aromatic nitrogens is 6. The summed E-state index contributed by atoms with van der Waals surface area (Å²) < 4.78 is 1.99. The number of nitrogens with two attached hydrogens (primary N) is 1. The van der Waals surface area contributed by atoms with Gasteiger partial charge in [-0.15, -0.1) is 20.4 Å². The summed E-state index contributed by atoms with van der Waals surface area (Å²) in [7, 11) is 0. The number of hydrogen-bond acceptors (Lipinski definition) is 12. The number of anilines is 2. The number of amides is 1. The van der Waals surface area contributed by atoms with E-state index in [0.717, 1.165) is 38.7 Å². The van der Waals surface area contributed by atoms with Gasteiger partial charge in [-0.2, -0.15) is 5.10 Å². The Morgan fingerprint density at radius 1 is 1.11 bits per heavy atom. The fraction of sp³-hybridized carbons (Fsp3) is 0.150. The molecule has 3 aromatic heterocycles. The minimum atomic E-state index is -0.260. The number of nitrogens with zero attached hydrogens (tertiary/aromatic N) is 7. The van der Waals surface area contributed by atoms with Crippen LogP contribution < -0.4 is 16.6 Å². The van der Waals surface area contributed by atoms with Gasteiger partial charge >= 0.3 is 0 Å². The molecule has 1 aromatic carbocycles. The highest BCUT2D eigenvalue weighted by molar-refractivity contribution is 8.00. The Morgan fingerprint density at radius 3 is 2.66 bits per heavy atom. The van der Waals surface area contributed by atoms with Crippen LogP contribution in [0, 0.1) is 0 Å². The van der Waals surface area contributed by atoms with E-state index in [2.05, 4.69) is 41.2 Å². The molecule has 0 spiro atoms. The second-order valence-electron chi connectivity index (χ2n) is 6.85. The van der Waals surface area contributed by atoms with Gasteiger partial charge in [0.25, 0.3) is 5.95 Å². The van der Waals surface area contributed by atoms with E-state index >= 15 is 0 Å². The van der Waals surface area contributed by atoms with Crippen molar-refractivity contribution in [2.45, 2.75) is 22.2 Å². The molecule has 0 fully saturated rings. The number of carbonyl (C=O) groups is 1. The largest absolute Gasteiger partial charge is 0.334 e. The Kier molecular flexibility index (Phi) is 8.52. The summed E-state index contributed by atoms with van der Waals surface area (Å²) in [6.07, 6.45) is 3.37. The van der Waals surface area contributed by atoms with E-state index in [4.69, 9.17) is 17.4 Å². The maximum atomic E-state index is 12.3. The predicted octanol–water partition coefficient (Wildman–Crippen LogP) is 3.75. The Morgan fingerprint density at radius 2 is 1.89 bits per heavy atom. The van der Waals surface area contributed by atoms with Crippen molar-refractivity contribution in [3.05, 3.63) is 64.9 Å². The fourth-order valence-corrected chi connectivity index (χ4v) is 5.08. The third kappa shape index (κ3) is 7.14. The molecule has 4 N–H and O–H groups in total. The van der Waals surface area contributed by atoms with Crippen LogP contribution in [0.4, 0.5) is 11.1 Å². The summed E-state index contributed by atoms with van der Waals surface area (Å²) in [6, 6.07) is 11.3. The molecule has 0 bridgehead atoms. The van der Waals surface area contributed by atoms with E-state index < -0.39 is 0 Å². The lowest BCUT2D eigenvalue weighted by molar-refractivity contribution is -0.113. The van der Waals surface area contributed by atoms with Gasteiger partial charge < -0.3 is 5.84 Å². The van der Waals surface area contributed by atoms with Crippen molar-refractivity contribution in [3.63, 3.8) is 0 Å². The zero-order valence-corrected chi connectivity index (χ0v) is 21.5. The third-order valence-corrected chi connectivity index (χ3v) is 7.59. The minimum Gasteiger partial charge on any atom is -0.334 e. The average Bonchev–Trinajstić information content (AvgIpc) is 3.47. The Labute approximate surface area is 218 Å². The van der Waals surface area contributed by atoms with Crippen LogP contribution in [-0.4, -0.2) is 47.4 Å². The van der Waals surface area contributed by atoms with Gasteiger partial charge in [0.15, 0.2) is 4.34 Å². The monoisotopic (exact) mass is 546 g/mol. The van der Waals surface area contributed by atoms with Gasteiger partial charge in [-0.05, 0) is 36.8 Å². The van der Waals surface area contributed by atoms with Crippen molar-refractivity contribution in [1.29, 1.82) is 0 Å². The van der Waals surface area contributed by atoms with Crippen molar-refractivity contribution >= 4 is 69.2 Å². The Balaban J connectivity index is 1.25. The molecule has 11 nitrogen and oxygen atoms in total. The van der Waals surface area contributed by atoms with Crippen LogP contribution in [0.5, 0.6) is 0 Å². The number of rotatable bonds is 10. The topological polar surface area (TPSA) is 149 Å². The number of thioether (sulfide) groups is 2. The molecule has 35 heavy (non-hydrogen) atoms. The van der Waals surface area contributed by atoms with Gasteiger partial charge in [0, 0.05) is 28.7 Å². The maximum Gasteiger partial charge on any atom is 0.264 e. The molecule has 0 atom stereocenters. The van der Waals surface area contributed by atoms with E-state index in [1.165, 1.54) is 27.8 Å². The lowest BCUT2D eigenvalue weighted by Crippen LogP contribution is -2.17. The summed E-state index contributed by atoms with van der Waals surface area (Å²) in [6.45, 7) is 1.84. The summed E-state index contributed by atoms with van der Waals surface area (Å²) in [5.41, 5.74) is 5.54. The van der Waals surface area contributed by atoms with Crippen molar-refractivity contribution in [3.8, 4) is 0 Å². The highest BCUT2D eigenvalue weighted by atomic mass is 35.5. The molecule has 4 rings (SSSR count). The number of hydrogen-bond donors (Lipinski definition) is 3. The maximum absolute atomic E-state index is 12.3. The van der Waals surface area contributed by atoms with Crippen molar-refractivity contribution in [2.75, 3.05) is 22.3 Å². The van der Waals surface area contributed by atoms with E-state index in [-0.39, 0.29) is 17.6 Å². The molecular formula is C20H19ClN10OS3. The first kappa shape index (κ1) is 24.9. The van der Waals surface area contributed by atoms with Gasteiger partial charge in [-0.1, -0.05) is 58.6 Å². The molecule has 0 aliphatic rings. The SMILES string of the molecule is C/C(=N\Nc1nnc(SCC(=O)Nc2nnc(SCc3ccc(Cl)cc3)s2)n1N)c1ccncc1. The zero-order valence-electron chi connectivity index (χ0n) is 18.3. The van der Waals surface area contributed by atoms with Crippen molar-refractivity contribution in [2.24, 2.45) is 5.10 Å². The molecule has 0 unspecified atom stereocenters. The quantitative estimate of drug-likeness (QED) is 0.0882. The lowest BCUT2D eigenvalue weighted by atomic mass is 10.2. The molecule has 0 aliphatic carbocycles. The minimum absolute atomic E-state index is 0.0709. The molecule has 0 aliphatic heterocycles. The average molecular weight is 547 g/mol. The molecule has 1 amide bonds. The summed E-state index contributed by atoms with van der Waals surface area (Å²) in [4.78, 5) is 16.3. The number of pyridine rings is 1. The third-order valence-electron chi connectivity index (χ3n) is 4.35. The molecule has 0 saturated heterocycles. The van der Waals surface area contributed by atoms with Crippen molar-refractivity contribution < 1.29 is 4.79 Å². The van der Waals surface area contributed by atoms with Crippen LogP contribution in [0.2, 0.25) is 5.02 Å². The second kappa shape index (κ2) is 12.0. The summed E-state index contributed by atoms with van der Waals surface area (Å²) in [5, 5.41) is 24.6. The first-order valence-electron chi connectivity index (χ1n) is 10.0. The molecular weight excluding hydrogens is 528 g/mol. The molecule has 180 valence electrons. The van der Waals surface area contributed by atoms with Crippen LogP contribution in [0.1, 0.15) is 18.1 Å². The van der Waals surface area contributed by atoms with Crippen LogP contribution in [0.25, 0.3) is 0 Å². The second-order valence-corrected chi connectivity index (χ2v) is 10.4. The number of nitrogens with one attached hydrogen (secondary N) is 2. The number of halogens is 1. The van der Waals surface area contributed by atoms with Crippen molar-refractivity contribution in [1.82, 2.24) is 30.1 Å². The Hall–Kier alpha value is -3.20. The molecule has 0 saturated carbocycles. The Bertz CT molecular complexity index is 1310. The molecule has 4 aromatic rings. The first-order valence-corrected chi connectivity index (χ1v) is 13.2. The first-order chi connectivity index (χ1) is 17.0. The van der Waals surface area contributed by atoms with Gasteiger partial charge in [0.1, 0.15) is 0 Å². The number of hydrazone groups is 1. The number of benzene rings is 1. The van der Waals surface area contributed by atoms with Gasteiger partial charge in [0.05, 0.1) is 11.5 Å². The zero-order chi connectivity index (χ0) is 24.6. The van der Waals surface area contributed by atoms with Crippen LogP contribution in [0.3, 0.4) is 0 Å². The highest BCUT2D eigenvalue weighted by Crippen LogP contribution is 2.29. The smallest absolute Gasteiger partial charge is 0.264 e. The van der Waals surface area contributed by atoms with E-state index in [1.807, 2.05) is 43.3 Å². The van der Waals surface area contributed by atoms with Crippen LogP contribution in [-0.2, 0) is 10.5 Å². The predicted molar refractivity (Wildman–Crippen MR) is 141 cm³/mol. The number of carbonyl (C=O) groups excluding carboxylic acids is 1. The van der Waals surface area contributed by atoms with Gasteiger partial charge in [-0.25, -0.2) is 10.1 Å². The van der Waals surface area contributed by atoms with E-state index in [1.54, 1.807) is 12.4 Å². The summed E-state index contributed by atoms with van der Waals surface area (Å²) in [5.74, 6) is 6.81. The van der Waals surface area contributed by atoms with Gasteiger partial charge in [0.2, 0.25) is 16.2 Å². The van der Waals surface area contributed by atoms with Gasteiger partial charge in [-0.3, -0.25) is 15.1 Å². The molecule has 15 heteroatoms.